The molecule has 4 aromatic rings. The number of para-hydroxylation sites is 1. The molecule has 0 radical (unpaired) electrons. The lowest BCUT2D eigenvalue weighted by molar-refractivity contribution is 0.0941. The van der Waals surface area contributed by atoms with Crippen LogP contribution in [0.1, 0.15) is 34.2 Å². The van der Waals surface area contributed by atoms with Crippen LogP contribution in [0.15, 0.2) is 42.6 Å². The van der Waals surface area contributed by atoms with Crippen LogP contribution >= 0.6 is 0 Å². The predicted molar refractivity (Wildman–Crippen MR) is 117 cm³/mol. The summed E-state index contributed by atoms with van der Waals surface area (Å²) >= 11 is 0. The number of carbonyl (C=O) groups excluding carboxylic acids is 1. The molecule has 1 atom stereocenters. The second-order valence-electron chi connectivity index (χ2n) is 7.80. The van der Waals surface area contributed by atoms with Crippen LogP contribution in [0.5, 0.6) is 0 Å². The molecule has 3 aromatic heterocycles. The summed E-state index contributed by atoms with van der Waals surface area (Å²) in [6.45, 7) is 6.08. The van der Waals surface area contributed by atoms with Gasteiger partial charge in [-0.2, -0.15) is 10.2 Å². The van der Waals surface area contributed by atoms with Gasteiger partial charge in [0.2, 0.25) is 0 Å². The van der Waals surface area contributed by atoms with Crippen LogP contribution in [-0.2, 0) is 20.5 Å². The molecule has 0 aliphatic heterocycles. The summed E-state index contributed by atoms with van der Waals surface area (Å²) < 4.78 is 3.61. The molecule has 0 saturated carbocycles. The van der Waals surface area contributed by atoms with E-state index in [2.05, 4.69) is 22.4 Å². The average Bonchev–Trinajstić information content (AvgIpc) is 3.25. The largest absolute Gasteiger partial charge is 0.349 e. The Morgan fingerprint density at radius 1 is 1.10 bits per heavy atom. The molecule has 0 bridgehead atoms. The minimum atomic E-state index is -0.113. The number of amides is 1. The van der Waals surface area contributed by atoms with Crippen LogP contribution in [0.25, 0.3) is 22.3 Å². The van der Waals surface area contributed by atoms with Gasteiger partial charge in [-0.05, 0) is 51.0 Å². The van der Waals surface area contributed by atoms with Gasteiger partial charge >= 0.3 is 0 Å². The van der Waals surface area contributed by atoms with E-state index in [4.69, 9.17) is 4.98 Å². The number of fused-ring (bicyclic) bond motifs is 1. The van der Waals surface area contributed by atoms with E-state index in [9.17, 15) is 4.79 Å². The highest BCUT2D eigenvalue weighted by atomic mass is 16.1. The zero-order valence-corrected chi connectivity index (χ0v) is 18.0. The molecule has 154 valence electrons. The van der Waals surface area contributed by atoms with E-state index in [0.717, 1.165) is 34.4 Å². The average molecular weight is 403 g/mol. The lowest BCUT2D eigenvalue weighted by Gasteiger charge is -2.16. The third kappa shape index (κ3) is 3.70. The molecule has 7 heteroatoms. The first-order chi connectivity index (χ1) is 14.3. The van der Waals surface area contributed by atoms with Gasteiger partial charge in [0.25, 0.3) is 5.91 Å². The monoisotopic (exact) mass is 402 g/mol. The lowest BCUT2D eigenvalue weighted by Crippen LogP contribution is -2.34. The number of hydrogen-bond acceptors (Lipinski definition) is 4. The molecule has 1 N–H and O–H groups in total. The van der Waals surface area contributed by atoms with Crippen LogP contribution in [0.2, 0.25) is 0 Å². The molecule has 0 saturated heterocycles. The fourth-order valence-electron chi connectivity index (χ4n) is 3.82. The van der Waals surface area contributed by atoms with Gasteiger partial charge in [0.15, 0.2) is 0 Å². The van der Waals surface area contributed by atoms with Crippen molar-refractivity contribution in [2.45, 2.75) is 33.2 Å². The topological polar surface area (TPSA) is 77.6 Å². The number of hydrogen-bond donors (Lipinski definition) is 1. The number of aromatic nitrogens is 5. The molecule has 7 nitrogen and oxygen atoms in total. The first-order valence-corrected chi connectivity index (χ1v) is 10.0. The number of nitrogens with zero attached hydrogens (tertiary/aromatic N) is 5. The Kier molecular flexibility index (Phi) is 5.11. The maximum atomic E-state index is 13.2. The van der Waals surface area contributed by atoms with Crippen LogP contribution < -0.4 is 5.32 Å². The van der Waals surface area contributed by atoms with E-state index < -0.39 is 0 Å². The summed E-state index contributed by atoms with van der Waals surface area (Å²) in [5, 5.41) is 12.9. The first kappa shape index (κ1) is 19.8. The summed E-state index contributed by atoms with van der Waals surface area (Å²) in [6, 6.07) is 11.4. The maximum absolute atomic E-state index is 13.2. The third-order valence-corrected chi connectivity index (χ3v) is 5.48. The molecule has 0 fully saturated rings. The van der Waals surface area contributed by atoms with Crippen LogP contribution in [-0.4, -0.2) is 36.5 Å². The van der Waals surface area contributed by atoms with Gasteiger partial charge in [0.1, 0.15) is 5.69 Å². The van der Waals surface area contributed by atoms with Crippen LogP contribution in [0, 0.1) is 13.8 Å². The van der Waals surface area contributed by atoms with Gasteiger partial charge in [-0.3, -0.25) is 14.2 Å². The Balaban J connectivity index is 1.65. The Labute approximate surface area is 175 Å². The Bertz CT molecular complexity index is 1240. The quantitative estimate of drug-likeness (QED) is 0.555. The van der Waals surface area contributed by atoms with Gasteiger partial charge in [-0.1, -0.05) is 18.2 Å². The van der Waals surface area contributed by atoms with E-state index in [-0.39, 0.29) is 11.9 Å². The summed E-state index contributed by atoms with van der Waals surface area (Å²) in [4.78, 5) is 17.9. The highest BCUT2D eigenvalue weighted by molar-refractivity contribution is 6.07. The number of rotatable bonds is 5. The number of benzene rings is 1. The third-order valence-electron chi connectivity index (χ3n) is 5.48. The van der Waals surface area contributed by atoms with Crippen molar-refractivity contribution in [2.75, 3.05) is 0 Å². The number of carbonyl (C=O) groups is 1. The predicted octanol–water partition coefficient (Wildman–Crippen LogP) is 3.35. The molecule has 3 heterocycles. The SMILES string of the molecule is Cc1nn(C)c(C)c1C[C@@H](C)NC(=O)c1cc(-c2ccn(C)n2)nc2ccccc12. The summed E-state index contributed by atoms with van der Waals surface area (Å²) in [5.74, 6) is -0.113. The van der Waals surface area contributed by atoms with Crippen molar-refractivity contribution in [3.63, 3.8) is 0 Å². The van der Waals surface area contributed by atoms with Gasteiger partial charge in [-0.15, -0.1) is 0 Å². The number of nitrogens with one attached hydrogen (secondary N) is 1. The lowest BCUT2D eigenvalue weighted by atomic mass is 10.0. The van der Waals surface area contributed by atoms with Gasteiger partial charge in [0, 0.05) is 37.4 Å². The van der Waals surface area contributed by atoms with Crippen molar-refractivity contribution in [3.05, 3.63) is 65.1 Å². The molecule has 0 unspecified atom stereocenters. The van der Waals surface area contributed by atoms with E-state index in [1.54, 1.807) is 4.68 Å². The molecule has 0 aliphatic rings. The van der Waals surface area contributed by atoms with Crippen molar-refractivity contribution in [3.8, 4) is 11.4 Å². The fourth-order valence-corrected chi connectivity index (χ4v) is 3.82. The first-order valence-electron chi connectivity index (χ1n) is 10.0. The zero-order valence-electron chi connectivity index (χ0n) is 18.0. The molecule has 0 spiro atoms. The highest BCUT2D eigenvalue weighted by Gasteiger charge is 2.19. The number of pyridine rings is 1. The van der Waals surface area contributed by atoms with E-state index >= 15 is 0 Å². The number of aryl methyl sites for hydroxylation is 3. The minimum Gasteiger partial charge on any atom is -0.349 e. The molecular weight excluding hydrogens is 376 g/mol. The van der Waals surface area contributed by atoms with Crippen LogP contribution in [0.3, 0.4) is 0 Å². The van der Waals surface area contributed by atoms with Gasteiger partial charge in [0.05, 0.1) is 22.5 Å². The second kappa shape index (κ2) is 7.74. The molecular formula is C23H26N6O. The summed E-state index contributed by atoms with van der Waals surface area (Å²) in [6.07, 6.45) is 2.60. The Morgan fingerprint density at radius 3 is 2.53 bits per heavy atom. The van der Waals surface area contributed by atoms with E-state index in [1.165, 1.54) is 5.56 Å². The van der Waals surface area contributed by atoms with E-state index in [1.807, 2.05) is 75.2 Å². The molecule has 0 aliphatic carbocycles. The fraction of sp³-hybridized carbons (Fsp3) is 0.304. The normalized spacial score (nSPS) is 12.3. The van der Waals surface area contributed by atoms with E-state index in [0.29, 0.717) is 11.3 Å². The minimum absolute atomic E-state index is 0.0377. The standard InChI is InChI=1S/C23H26N6O/c1-14(12-18-15(2)26-29(5)16(18)3)24-23(30)19-13-22(21-10-11-28(4)27-21)25-20-9-7-6-8-17(19)20/h6-11,13-14H,12H2,1-5H3,(H,24,30)/t14-/m1/s1. The van der Waals surface area contributed by atoms with Crippen molar-refractivity contribution in [1.29, 1.82) is 0 Å². The van der Waals surface area contributed by atoms with Gasteiger partial charge < -0.3 is 5.32 Å². The zero-order chi connectivity index (χ0) is 21.4. The Morgan fingerprint density at radius 2 is 1.87 bits per heavy atom. The maximum Gasteiger partial charge on any atom is 0.252 e. The van der Waals surface area contributed by atoms with Crippen molar-refractivity contribution < 1.29 is 4.79 Å². The van der Waals surface area contributed by atoms with Crippen molar-refractivity contribution >= 4 is 16.8 Å². The van der Waals surface area contributed by atoms with Gasteiger partial charge in [-0.25, -0.2) is 4.98 Å². The smallest absolute Gasteiger partial charge is 0.252 e. The van der Waals surface area contributed by atoms with Crippen LogP contribution in [0.4, 0.5) is 0 Å². The van der Waals surface area contributed by atoms with Crippen molar-refractivity contribution in [2.24, 2.45) is 14.1 Å². The summed E-state index contributed by atoms with van der Waals surface area (Å²) in [7, 11) is 3.81. The molecule has 30 heavy (non-hydrogen) atoms. The molecule has 1 amide bonds. The molecule has 4 rings (SSSR count). The summed E-state index contributed by atoms with van der Waals surface area (Å²) in [5.41, 5.74) is 6.12. The molecule has 1 aromatic carbocycles. The second-order valence-corrected chi connectivity index (χ2v) is 7.80. The highest BCUT2D eigenvalue weighted by Crippen LogP contribution is 2.24. The van der Waals surface area contributed by atoms with Crippen molar-refractivity contribution in [1.82, 2.24) is 29.9 Å². The Hall–Kier alpha value is -3.48.